The second kappa shape index (κ2) is 6.30. The summed E-state index contributed by atoms with van der Waals surface area (Å²) in [6.07, 6.45) is 0. The SMILES string of the molecule is CC(C)N(C(=O)c1cccc2ccccc12)C1C(=O)Nc2ccccc21. The zero-order valence-electron chi connectivity index (χ0n) is 14.8. The molecule has 0 aliphatic carbocycles. The number of carbonyl (C=O) groups excluding carboxylic acids is 2. The van der Waals surface area contributed by atoms with Gasteiger partial charge in [0.2, 0.25) is 0 Å². The number of amides is 2. The summed E-state index contributed by atoms with van der Waals surface area (Å²) in [4.78, 5) is 27.8. The van der Waals surface area contributed by atoms with Crippen molar-refractivity contribution in [1.29, 1.82) is 0 Å². The Bertz CT molecular complexity index is 1000. The maximum atomic E-state index is 13.5. The van der Waals surface area contributed by atoms with E-state index in [1.54, 1.807) is 4.90 Å². The van der Waals surface area contributed by atoms with Crippen LogP contribution in [0.5, 0.6) is 0 Å². The lowest BCUT2D eigenvalue weighted by Gasteiger charge is -2.32. The van der Waals surface area contributed by atoms with Gasteiger partial charge in [0.1, 0.15) is 6.04 Å². The maximum absolute atomic E-state index is 13.5. The number of nitrogens with one attached hydrogen (secondary N) is 1. The Morgan fingerprint density at radius 1 is 0.962 bits per heavy atom. The van der Waals surface area contributed by atoms with Crippen LogP contribution in [0.3, 0.4) is 0 Å². The largest absolute Gasteiger partial charge is 0.324 e. The molecular formula is C22H20N2O2. The third kappa shape index (κ3) is 2.54. The second-order valence-corrected chi connectivity index (χ2v) is 6.81. The molecule has 2 amide bonds. The normalized spacial score (nSPS) is 15.8. The number of hydrogen-bond donors (Lipinski definition) is 1. The summed E-state index contributed by atoms with van der Waals surface area (Å²) in [5.41, 5.74) is 2.24. The van der Waals surface area contributed by atoms with Crippen LogP contribution in [-0.4, -0.2) is 22.8 Å². The third-order valence-electron chi connectivity index (χ3n) is 4.85. The van der Waals surface area contributed by atoms with Crippen LogP contribution in [0, 0.1) is 0 Å². The molecule has 0 spiro atoms. The van der Waals surface area contributed by atoms with Gasteiger partial charge in [0.25, 0.3) is 11.8 Å². The molecule has 1 heterocycles. The Hall–Kier alpha value is -3.14. The van der Waals surface area contributed by atoms with Crippen molar-refractivity contribution in [1.82, 2.24) is 4.90 Å². The summed E-state index contributed by atoms with van der Waals surface area (Å²) in [5, 5.41) is 4.81. The first kappa shape index (κ1) is 16.3. The lowest BCUT2D eigenvalue weighted by molar-refractivity contribution is -0.120. The standard InChI is InChI=1S/C22H20N2O2/c1-14(2)24(20-18-11-5-6-13-19(18)23-21(20)25)22(26)17-12-7-9-15-8-3-4-10-16(15)17/h3-14,20H,1-2H3,(H,23,25). The first-order valence-electron chi connectivity index (χ1n) is 8.78. The van der Waals surface area contributed by atoms with E-state index in [2.05, 4.69) is 5.32 Å². The van der Waals surface area contributed by atoms with Gasteiger partial charge >= 0.3 is 0 Å². The topological polar surface area (TPSA) is 49.4 Å². The molecule has 0 radical (unpaired) electrons. The van der Waals surface area contributed by atoms with Gasteiger partial charge in [0.15, 0.2) is 0 Å². The maximum Gasteiger partial charge on any atom is 0.255 e. The molecule has 0 bridgehead atoms. The van der Waals surface area contributed by atoms with E-state index >= 15 is 0 Å². The first-order chi connectivity index (χ1) is 12.6. The number of carbonyl (C=O) groups is 2. The number of benzene rings is 3. The van der Waals surface area contributed by atoms with Crippen molar-refractivity contribution < 1.29 is 9.59 Å². The molecule has 0 aromatic heterocycles. The average Bonchev–Trinajstić information content (AvgIpc) is 2.97. The zero-order valence-corrected chi connectivity index (χ0v) is 14.8. The number of fused-ring (bicyclic) bond motifs is 2. The molecule has 3 aromatic carbocycles. The summed E-state index contributed by atoms with van der Waals surface area (Å²) in [7, 11) is 0. The number of anilines is 1. The van der Waals surface area contributed by atoms with Crippen LogP contribution in [0.1, 0.15) is 35.8 Å². The zero-order chi connectivity index (χ0) is 18.3. The van der Waals surface area contributed by atoms with E-state index in [-0.39, 0.29) is 17.9 Å². The lowest BCUT2D eigenvalue weighted by atomic mass is 10.00. The van der Waals surface area contributed by atoms with Crippen LogP contribution in [0.4, 0.5) is 5.69 Å². The molecular weight excluding hydrogens is 324 g/mol. The predicted molar refractivity (Wildman–Crippen MR) is 103 cm³/mol. The fourth-order valence-corrected chi connectivity index (χ4v) is 3.67. The molecule has 130 valence electrons. The van der Waals surface area contributed by atoms with E-state index in [4.69, 9.17) is 0 Å². The summed E-state index contributed by atoms with van der Waals surface area (Å²) in [6.45, 7) is 3.88. The van der Waals surface area contributed by atoms with Gasteiger partial charge in [0.05, 0.1) is 0 Å². The van der Waals surface area contributed by atoms with Crippen LogP contribution in [0.2, 0.25) is 0 Å². The summed E-state index contributed by atoms with van der Waals surface area (Å²) >= 11 is 0. The minimum absolute atomic E-state index is 0.122. The molecule has 1 atom stereocenters. The Kier molecular flexibility index (Phi) is 3.96. The molecule has 0 saturated carbocycles. The van der Waals surface area contributed by atoms with Gasteiger partial charge in [-0.15, -0.1) is 0 Å². The Balaban J connectivity index is 1.83. The predicted octanol–water partition coefficient (Wildman–Crippen LogP) is 4.38. The van der Waals surface area contributed by atoms with Crippen LogP contribution in [0.25, 0.3) is 10.8 Å². The monoisotopic (exact) mass is 344 g/mol. The quantitative estimate of drug-likeness (QED) is 0.766. The van der Waals surface area contributed by atoms with Crippen molar-refractivity contribution in [3.63, 3.8) is 0 Å². The van der Waals surface area contributed by atoms with E-state index in [1.807, 2.05) is 80.6 Å². The summed E-state index contributed by atoms with van der Waals surface area (Å²) in [5.74, 6) is -0.290. The smallest absolute Gasteiger partial charge is 0.255 e. The molecule has 4 nitrogen and oxygen atoms in total. The highest BCUT2D eigenvalue weighted by Crippen LogP contribution is 2.37. The lowest BCUT2D eigenvalue weighted by Crippen LogP contribution is -2.42. The minimum atomic E-state index is -0.613. The highest BCUT2D eigenvalue weighted by Gasteiger charge is 2.39. The van der Waals surface area contributed by atoms with Gasteiger partial charge in [0, 0.05) is 22.9 Å². The van der Waals surface area contributed by atoms with Crippen molar-refractivity contribution in [3.05, 3.63) is 77.9 Å². The van der Waals surface area contributed by atoms with Crippen molar-refractivity contribution >= 4 is 28.3 Å². The molecule has 0 saturated heterocycles. The van der Waals surface area contributed by atoms with Gasteiger partial charge in [-0.05, 0) is 36.8 Å². The molecule has 1 unspecified atom stereocenters. The van der Waals surface area contributed by atoms with Crippen molar-refractivity contribution in [2.75, 3.05) is 5.32 Å². The molecule has 1 aliphatic heterocycles. The highest BCUT2D eigenvalue weighted by molar-refractivity contribution is 6.10. The molecule has 1 aliphatic rings. The highest BCUT2D eigenvalue weighted by atomic mass is 16.2. The van der Waals surface area contributed by atoms with Crippen LogP contribution >= 0.6 is 0 Å². The van der Waals surface area contributed by atoms with Gasteiger partial charge in [-0.2, -0.15) is 0 Å². The van der Waals surface area contributed by atoms with E-state index in [1.165, 1.54) is 0 Å². The van der Waals surface area contributed by atoms with Crippen LogP contribution < -0.4 is 5.32 Å². The van der Waals surface area contributed by atoms with E-state index < -0.39 is 6.04 Å². The Labute approximate surface area is 152 Å². The van der Waals surface area contributed by atoms with Gasteiger partial charge in [-0.25, -0.2) is 0 Å². The molecule has 0 fully saturated rings. The number of nitrogens with zero attached hydrogens (tertiary/aromatic N) is 1. The summed E-state index contributed by atoms with van der Waals surface area (Å²) in [6, 6.07) is 20.3. The Morgan fingerprint density at radius 2 is 1.65 bits per heavy atom. The number of rotatable bonds is 3. The van der Waals surface area contributed by atoms with Gasteiger partial charge in [-0.3, -0.25) is 9.59 Å². The van der Waals surface area contributed by atoms with Gasteiger partial charge < -0.3 is 10.2 Å². The molecule has 3 aromatic rings. The fourth-order valence-electron chi connectivity index (χ4n) is 3.67. The van der Waals surface area contributed by atoms with E-state index in [9.17, 15) is 9.59 Å². The van der Waals surface area contributed by atoms with Crippen LogP contribution in [-0.2, 0) is 4.79 Å². The van der Waals surface area contributed by atoms with E-state index in [0.717, 1.165) is 22.0 Å². The van der Waals surface area contributed by atoms with Gasteiger partial charge in [-0.1, -0.05) is 54.6 Å². The van der Waals surface area contributed by atoms with Crippen LogP contribution in [0.15, 0.2) is 66.7 Å². The van der Waals surface area contributed by atoms with Crippen molar-refractivity contribution in [2.24, 2.45) is 0 Å². The molecule has 4 rings (SSSR count). The van der Waals surface area contributed by atoms with Crippen molar-refractivity contribution in [3.8, 4) is 0 Å². The summed E-state index contributed by atoms with van der Waals surface area (Å²) < 4.78 is 0. The first-order valence-corrected chi connectivity index (χ1v) is 8.78. The molecule has 4 heteroatoms. The fraction of sp³-hybridized carbons (Fsp3) is 0.182. The van der Waals surface area contributed by atoms with Crippen molar-refractivity contribution in [2.45, 2.75) is 25.9 Å². The second-order valence-electron chi connectivity index (χ2n) is 6.81. The minimum Gasteiger partial charge on any atom is -0.324 e. The number of para-hydroxylation sites is 1. The molecule has 26 heavy (non-hydrogen) atoms. The Morgan fingerprint density at radius 3 is 2.46 bits per heavy atom. The van der Waals surface area contributed by atoms with E-state index in [0.29, 0.717) is 5.56 Å². The molecule has 1 N–H and O–H groups in total. The average molecular weight is 344 g/mol. The third-order valence-corrected chi connectivity index (χ3v) is 4.85. The number of hydrogen-bond acceptors (Lipinski definition) is 2.